The highest BCUT2D eigenvalue weighted by Gasteiger charge is 2.26. The summed E-state index contributed by atoms with van der Waals surface area (Å²) in [6.07, 6.45) is 0.706. The van der Waals surface area contributed by atoms with E-state index in [2.05, 4.69) is 27.3 Å². The van der Waals surface area contributed by atoms with Crippen molar-refractivity contribution in [3.63, 3.8) is 0 Å². The summed E-state index contributed by atoms with van der Waals surface area (Å²) in [5.41, 5.74) is 0. The maximum absolute atomic E-state index is 12.5. The SMILES string of the molecule is O=S(=O)(CCCN1CCOCC1)N1CCN(Cc2cccs2)CC1. The van der Waals surface area contributed by atoms with Gasteiger partial charge in [0.25, 0.3) is 0 Å². The summed E-state index contributed by atoms with van der Waals surface area (Å²) >= 11 is 1.76. The van der Waals surface area contributed by atoms with E-state index in [0.29, 0.717) is 19.5 Å². The van der Waals surface area contributed by atoms with E-state index in [0.717, 1.165) is 52.5 Å². The van der Waals surface area contributed by atoms with Gasteiger partial charge in [0.2, 0.25) is 10.0 Å². The van der Waals surface area contributed by atoms with Gasteiger partial charge >= 0.3 is 0 Å². The molecule has 2 fully saturated rings. The zero-order valence-corrected chi connectivity index (χ0v) is 15.7. The van der Waals surface area contributed by atoms with Crippen LogP contribution in [-0.2, 0) is 21.3 Å². The van der Waals surface area contributed by atoms with E-state index in [1.807, 2.05) is 0 Å². The van der Waals surface area contributed by atoms with E-state index < -0.39 is 10.0 Å². The summed E-state index contributed by atoms with van der Waals surface area (Å²) in [5, 5.41) is 2.09. The smallest absolute Gasteiger partial charge is 0.214 e. The normalized spacial score (nSPS) is 22.0. The molecule has 24 heavy (non-hydrogen) atoms. The van der Waals surface area contributed by atoms with Crippen molar-refractivity contribution in [1.29, 1.82) is 0 Å². The average Bonchev–Trinajstić information content (AvgIpc) is 3.09. The lowest BCUT2D eigenvalue weighted by Crippen LogP contribution is -2.49. The number of hydrogen-bond acceptors (Lipinski definition) is 6. The third-order valence-corrected chi connectivity index (χ3v) is 7.48. The molecule has 3 rings (SSSR count). The molecule has 136 valence electrons. The number of sulfonamides is 1. The number of piperazine rings is 1. The molecule has 3 heterocycles. The van der Waals surface area contributed by atoms with Crippen LogP contribution in [0, 0.1) is 0 Å². The van der Waals surface area contributed by atoms with Gasteiger partial charge in [0.05, 0.1) is 19.0 Å². The maximum atomic E-state index is 12.5. The molecule has 2 saturated heterocycles. The van der Waals surface area contributed by atoms with Gasteiger partial charge in [-0.25, -0.2) is 8.42 Å². The van der Waals surface area contributed by atoms with Gasteiger partial charge in [-0.2, -0.15) is 4.31 Å². The van der Waals surface area contributed by atoms with E-state index in [1.54, 1.807) is 15.6 Å². The molecular weight excluding hydrogens is 346 g/mol. The van der Waals surface area contributed by atoms with Crippen LogP contribution in [0.2, 0.25) is 0 Å². The van der Waals surface area contributed by atoms with Crippen molar-refractivity contribution in [3.05, 3.63) is 22.4 Å². The lowest BCUT2D eigenvalue weighted by atomic mass is 10.3. The Morgan fingerprint density at radius 1 is 1.04 bits per heavy atom. The number of morpholine rings is 1. The lowest BCUT2D eigenvalue weighted by Gasteiger charge is -2.34. The second-order valence-corrected chi connectivity index (χ2v) is 9.50. The Morgan fingerprint density at radius 3 is 2.46 bits per heavy atom. The largest absolute Gasteiger partial charge is 0.379 e. The molecular formula is C16H27N3O3S2. The van der Waals surface area contributed by atoms with Gasteiger partial charge in [-0.1, -0.05) is 6.07 Å². The summed E-state index contributed by atoms with van der Waals surface area (Å²) in [7, 11) is -3.12. The third-order valence-electron chi connectivity index (χ3n) is 4.66. The molecule has 2 aliphatic heterocycles. The van der Waals surface area contributed by atoms with Crippen LogP contribution < -0.4 is 0 Å². The molecule has 0 aliphatic carbocycles. The lowest BCUT2D eigenvalue weighted by molar-refractivity contribution is 0.0380. The van der Waals surface area contributed by atoms with Crippen molar-refractivity contribution >= 4 is 21.4 Å². The zero-order chi connectivity index (χ0) is 16.8. The molecule has 0 amide bonds. The minimum absolute atomic E-state index is 0.259. The van der Waals surface area contributed by atoms with Crippen LogP contribution >= 0.6 is 11.3 Å². The Bertz CT molecular complexity index is 578. The predicted octanol–water partition coefficient (Wildman–Crippen LogP) is 0.918. The van der Waals surface area contributed by atoms with E-state index >= 15 is 0 Å². The second kappa shape index (κ2) is 8.73. The van der Waals surface area contributed by atoms with Crippen LogP contribution in [0.4, 0.5) is 0 Å². The van der Waals surface area contributed by atoms with Crippen LogP contribution in [-0.4, -0.2) is 87.3 Å². The van der Waals surface area contributed by atoms with Gasteiger partial charge in [-0.3, -0.25) is 9.80 Å². The first-order chi connectivity index (χ1) is 11.6. The van der Waals surface area contributed by atoms with Crippen molar-refractivity contribution in [2.75, 3.05) is 64.8 Å². The Hall–Kier alpha value is -0.510. The Kier molecular flexibility index (Phi) is 6.65. The van der Waals surface area contributed by atoms with Crippen molar-refractivity contribution in [1.82, 2.24) is 14.1 Å². The first kappa shape index (κ1) is 18.3. The van der Waals surface area contributed by atoms with Crippen molar-refractivity contribution in [3.8, 4) is 0 Å². The van der Waals surface area contributed by atoms with Gasteiger partial charge in [0.1, 0.15) is 0 Å². The minimum atomic E-state index is -3.12. The Labute approximate surface area is 149 Å². The molecule has 1 aromatic heterocycles. The summed E-state index contributed by atoms with van der Waals surface area (Å²) in [6.45, 7) is 8.02. The minimum Gasteiger partial charge on any atom is -0.379 e. The molecule has 2 aliphatic rings. The number of thiophene rings is 1. The number of hydrogen-bond donors (Lipinski definition) is 0. The molecule has 6 nitrogen and oxygen atoms in total. The number of rotatable bonds is 7. The van der Waals surface area contributed by atoms with E-state index in [1.165, 1.54) is 4.88 Å². The molecule has 0 atom stereocenters. The predicted molar refractivity (Wildman–Crippen MR) is 96.8 cm³/mol. The second-order valence-electron chi connectivity index (χ2n) is 6.38. The molecule has 0 aromatic carbocycles. The van der Waals surface area contributed by atoms with Crippen molar-refractivity contribution in [2.45, 2.75) is 13.0 Å². The first-order valence-corrected chi connectivity index (χ1v) is 11.1. The van der Waals surface area contributed by atoms with Crippen molar-refractivity contribution < 1.29 is 13.2 Å². The first-order valence-electron chi connectivity index (χ1n) is 8.66. The molecule has 8 heteroatoms. The van der Waals surface area contributed by atoms with Crippen LogP contribution in [0.3, 0.4) is 0 Å². The molecule has 0 spiro atoms. The summed E-state index contributed by atoms with van der Waals surface area (Å²) in [4.78, 5) is 5.97. The van der Waals surface area contributed by atoms with Gasteiger partial charge < -0.3 is 4.74 Å². The van der Waals surface area contributed by atoms with Crippen LogP contribution in [0.5, 0.6) is 0 Å². The van der Waals surface area contributed by atoms with E-state index in [4.69, 9.17) is 4.74 Å². The topological polar surface area (TPSA) is 53.1 Å². The highest BCUT2D eigenvalue weighted by molar-refractivity contribution is 7.89. The standard InChI is InChI=1S/C16H27N3O3S2/c20-24(21,14-2-4-17-9-11-22-12-10-17)19-7-5-18(6-8-19)15-16-3-1-13-23-16/h1,3,13H,2,4-12,14-15H2. The fourth-order valence-corrected chi connectivity index (χ4v) is 5.43. The summed E-state index contributed by atoms with van der Waals surface area (Å²) in [5.74, 6) is 0.259. The van der Waals surface area contributed by atoms with Gasteiger partial charge in [-0.05, 0) is 24.4 Å². The molecule has 0 unspecified atom stereocenters. The summed E-state index contributed by atoms with van der Waals surface area (Å²) < 4.78 is 32.0. The monoisotopic (exact) mass is 373 g/mol. The van der Waals surface area contributed by atoms with E-state index in [-0.39, 0.29) is 5.75 Å². The van der Waals surface area contributed by atoms with Gasteiger partial charge in [-0.15, -0.1) is 11.3 Å². The van der Waals surface area contributed by atoms with Crippen molar-refractivity contribution in [2.24, 2.45) is 0 Å². The van der Waals surface area contributed by atoms with Crippen LogP contribution in [0.15, 0.2) is 17.5 Å². The van der Waals surface area contributed by atoms with E-state index in [9.17, 15) is 8.42 Å². The molecule has 0 N–H and O–H groups in total. The maximum Gasteiger partial charge on any atom is 0.214 e. The quantitative estimate of drug-likeness (QED) is 0.711. The average molecular weight is 374 g/mol. The molecule has 0 saturated carbocycles. The summed E-state index contributed by atoms with van der Waals surface area (Å²) in [6, 6.07) is 4.20. The fraction of sp³-hybridized carbons (Fsp3) is 0.750. The number of ether oxygens (including phenoxy) is 1. The number of nitrogens with zero attached hydrogens (tertiary/aromatic N) is 3. The van der Waals surface area contributed by atoms with Crippen LogP contribution in [0.25, 0.3) is 0 Å². The Balaban J connectivity index is 1.39. The molecule has 0 bridgehead atoms. The highest BCUT2D eigenvalue weighted by Crippen LogP contribution is 2.15. The van der Waals surface area contributed by atoms with Crippen LogP contribution in [0.1, 0.15) is 11.3 Å². The fourth-order valence-electron chi connectivity index (χ4n) is 3.21. The molecule has 1 aromatic rings. The highest BCUT2D eigenvalue weighted by atomic mass is 32.2. The molecule has 0 radical (unpaired) electrons. The Morgan fingerprint density at radius 2 is 1.79 bits per heavy atom. The van der Waals surface area contributed by atoms with Gasteiger partial charge in [0, 0.05) is 50.7 Å². The zero-order valence-electron chi connectivity index (χ0n) is 14.1. The third kappa shape index (κ3) is 5.24. The van der Waals surface area contributed by atoms with Gasteiger partial charge in [0.15, 0.2) is 0 Å².